The highest BCUT2D eigenvalue weighted by atomic mass is 19.3. The molecule has 104 valence electrons. The van der Waals surface area contributed by atoms with Crippen molar-refractivity contribution in [1.29, 1.82) is 0 Å². The van der Waals surface area contributed by atoms with E-state index in [1.165, 1.54) is 32.0 Å². The number of carbonyl (C=O) groups is 1. The van der Waals surface area contributed by atoms with Gasteiger partial charge in [-0.2, -0.15) is 0 Å². The normalized spacial score (nSPS) is 18.2. The lowest BCUT2D eigenvalue weighted by Crippen LogP contribution is -2.42. The van der Waals surface area contributed by atoms with Crippen molar-refractivity contribution < 1.29 is 18.7 Å². The van der Waals surface area contributed by atoms with E-state index in [2.05, 4.69) is 0 Å². The van der Waals surface area contributed by atoms with Crippen molar-refractivity contribution in [2.45, 2.75) is 44.4 Å². The van der Waals surface area contributed by atoms with Crippen LogP contribution in [0.15, 0.2) is 24.3 Å². The van der Waals surface area contributed by atoms with Crippen molar-refractivity contribution in [3.63, 3.8) is 0 Å². The maximum atomic E-state index is 14.0. The van der Waals surface area contributed by atoms with Crippen LogP contribution in [0.25, 0.3) is 0 Å². The van der Waals surface area contributed by atoms with E-state index in [0.29, 0.717) is 18.4 Å². The quantitative estimate of drug-likeness (QED) is 0.898. The maximum Gasteiger partial charge on any atom is 0.314 e. The molecule has 0 atom stereocenters. The van der Waals surface area contributed by atoms with Crippen LogP contribution in [0, 0.1) is 5.92 Å². The van der Waals surface area contributed by atoms with Gasteiger partial charge in [0.05, 0.1) is 5.41 Å². The van der Waals surface area contributed by atoms with Gasteiger partial charge in [-0.3, -0.25) is 4.79 Å². The first-order valence-corrected chi connectivity index (χ1v) is 6.53. The Bertz CT molecular complexity index is 491. The SMILES string of the molecule is CC(C)C(F)(F)c1cccc(C2(C(=O)O)CCC2)c1. The lowest BCUT2D eigenvalue weighted by molar-refractivity contribution is -0.147. The van der Waals surface area contributed by atoms with E-state index in [9.17, 15) is 18.7 Å². The average molecular weight is 268 g/mol. The molecule has 4 heteroatoms. The summed E-state index contributed by atoms with van der Waals surface area (Å²) in [6.07, 6.45) is 1.88. The summed E-state index contributed by atoms with van der Waals surface area (Å²) in [6.45, 7) is 2.92. The van der Waals surface area contributed by atoms with E-state index < -0.39 is 23.2 Å². The topological polar surface area (TPSA) is 37.3 Å². The second kappa shape index (κ2) is 4.58. The fraction of sp³-hybridized carbons (Fsp3) is 0.533. The fourth-order valence-corrected chi connectivity index (χ4v) is 2.51. The number of carboxylic acids is 1. The van der Waals surface area contributed by atoms with E-state index in [0.717, 1.165) is 6.42 Å². The Balaban J connectivity index is 2.43. The van der Waals surface area contributed by atoms with E-state index in [-0.39, 0.29) is 5.56 Å². The van der Waals surface area contributed by atoms with Crippen molar-refractivity contribution in [2.75, 3.05) is 0 Å². The molecule has 0 aromatic heterocycles. The highest BCUT2D eigenvalue weighted by Gasteiger charge is 2.46. The summed E-state index contributed by atoms with van der Waals surface area (Å²) >= 11 is 0. The van der Waals surface area contributed by atoms with Crippen LogP contribution in [0.2, 0.25) is 0 Å². The summed E-state index contributed by atoms with van der Waals surface area (Å²) in [6, 6.07) is 5.92. The van der Waals surface area contributed by atoms with Gasteiger partial charge in [-0.25, -0.2) is 8.78 Å². The lowest BCUT2D eigenvalue weighted by Gasteiger charge is -2.38. The van der Waals surface area contributed by atoms with Crippen LogP contribution in [0.5, 0.6) is 0 Å². The van der Waals surface area contributed by atoms with Crippen molar-refractivity contribution in [3.05, 3.63) is 35.4 Å². The molecule has 0 radical (unpaired) electrons. The van der Waals surface area contributed by atoms with Crippen LogP contribution in [-0.2, 0) is 16.1 Å². The van der Waals surface area contributed by atoms with Gasteiger partial charge in [-0.15, -0.1) is 0 Å². The molecule has 1 aromatic carbocycles. The van der Waals surface area contributed by atoms with E-state index in [4.69, 9.17) is 0 Å². The monoisotopic (exact) mass is 268 g/mol. The van der Waals surface area contributed by atoms with Gasteiger partial charge in [0.25, 0.3) is 5.92 Å². The Kier molecular flexibility index (Phi) is 3.37. The Morgan fingerprint density at radius 2 is 2.00 bits per heavy atom. The van der Waals surface area contributed by atoms with Crippen LogP contribution < -0.4 is 0 Å². The van der Waals surface area contributed by atoms with Gasteiger partial charge in [-0.1, -0.05) is 38.5 Å². The molecular formula is C15H18F2O2. The van der Waals surface area contributed by atoms with Gasteiger partial charge in [0.1, 0.15) is 0 Å². The van der Waals surface area contributed by atoms with Crippen LogP contribution >= 0.6 is 0 Å². The number of benzene rings is 1. The zero-order valence-corrected chi connectivity index (χ0v) is 11.1. The number of hydrogen-bond donors (Lipinski definition) is 1. The minimum atomic E-state index is -2.93. The standard InChI is InChI=1S/C15H18F2O2/c1-10(2)15(16,17)12-6-3-5-11(9-12)14(13(18)19)7-4-8-14/h3,5-6,9-10H,4,7-8H2,1-2H3,(H,18,19). The first-order chi connectivity index (χ1) is 8.80. The second-order valence-electron chi connectivity index (χ2n) is 5.60. The summed E-state index contributed by atoms with van der Waals surface area (Å²) in [5.41, 5.74) is -0.542. The van der Waals surface area contributed by atoms with Gasteiger partial charge in [0, 0.05) is 11.5 Å². The van der Waals surface area contributed by atoms with E-state index >= 15 is 0 Å². The van der Waals surface area contributed by atoms with Gasteiger partial charge in [0.2, 0.25) is 0 Å². The molecule has 0 aliphatic heterocycles. The van der Waals surface area contributed by atoms with Crippen LogP contribution in [0.4, 0.5) is 8.78 Å². The minimum absolute atomic E-state index is 0.0903. The number of aliphatic carboxylic acids is 1. The highest BCUT2D eigenvalue weighted by molar-refractivity contribution is 5.82. The van der Waals surface area contributed by atoms with Crippen LogP contribution in [-0.4, -0.2) is 11.1 Å². The molecule has 0 amide bonds. The molecule has 0 bridgehead atoms. The molecule has 1 aliphatic carbocycles. The van der Waals surface area contributed by atoms with Crippen molar-refractivity contribution in [2.24, 2.45) is 5.92 Å². The van der Waals surface area contributed by atoms with Gasteiger partial charge >= 0.3 is 5.97 Å². The first kappa shape index (κ1) is 14.0. The van der Waals surface area contributed by atoms with Crippen molar-refractivity contribution in [1.82, 2.24) is 0 Å². The molecule has 1 aliphatic rings. The third kappa shape index (κ3) is 2.13. The van der Waals surface area contributed by atoms with Crippen LogP contribution in [0.3, 0.4) is 0 Å². The van der Waals surface area contributed by atoms with Gasteiger partial charge in [-0.05, 0) is 24.5 Å². The Morgan fingerprint density at radius 3 is 2.42 bits per heavy atom. The first-order valence-electron chi connectivity index (χ1n) is 6.53. The summed E-state index contributed by atoms with van der Waals surface area (Å²) in [4.78, 5) is 11.4. The molecule has 2 rings (SSSR count). The molecule has 0 spiro atoms. The highest BCUT2D eigenvalue weighted by Crippen LogP contribution is 2.45. The van der Waals surface area contributed by atoms with Crippen molar-refractivity contribution >= 4 is 5.97 Å². The summed E-state index contributed by atoms with van der Waals surface area (Å²) in [5.74, 6) is -4.66. The number of alkyl halides is 2. The molecule has 0 saturated heterocycles. The van der Waals surface area contributed by atoms with Crippen LogP contribution in [0.1, 0.15) is 44.2 Å². The second-order valence-corrected chi connectivity index (χ2v) is 5.60. The average Bonchev–Trinajstić information content (AvgIpc) is 2.27. The molecule has 1 N–H and O–H groups in total. The zero-order chi connectivity index (χ0) is 14.3. The minimum Gasteiger partial charge on any atom is -0.481 e. The molecule has 0 heterocycles. The number of carboxylic acid groups (broad SMARTS) is 1. The predicted octanol–water partition coefficient (Wildman–Crippen LogP) is 3.94. The summed E-state index contributed by atoms with van der Waals surface area (Å²) < 4.78 is 28.0. The Morgan fingerprint density at radius 1 is 1.37 bits per heavy atom. The largest absolute Gasteiger partial charge is 0.481 e. The molecule has 2 nitrogen and oxygen atoms in total. The number of hydrogen-bond acceptors (Lipinski definition) is 1. The number of halogens is 2. The Hall–Kier alpha value is -1.45. The number of rotatable bonds is 4. The van der Waals surface area contributed by atoms with E-state index in [1.807, 2.05) is 0 Å². The molecule has 1 fully saturated rings. The van der Waals surface area contributed by atoms with E-state index in [1.54, 1.807) is 6.07 Å². The molecule has 1 aromatic rings. The molecule has 19 heavy (non-hydrogen) atoms. The third-order valence-corrected chi connectivity index (χ3v) is 4.14. The maximum absolute atomic E-state index is 14.0. The third-order valence-electron chi connectivity index (χ3n) is 4.14. The lowest BCUT2D eigenvalue weighted by atomic mass is 9.64. The molecule has 0 unspecified atom stereocenters. The zero-order valence-electron chi connectivity index (χ0n) is 11.1. The fourth-order valence-electron chi connectivity index (χ4n) is 2.51. The van der Waals surface area contributed by atoms with Gasteiger partial charge in [0.15, 0.2) is 0 Å². The molecular weight excluding hydrogens is 250 g/mol. The van der Waals surface area contributed by atoms with Crippen molar-refractivity contribution in [3.8, 4) is 0 Å². The Labute approximate surface area is 111 Å². The van der Waals surface area contributed by atoms with Gasteiger partial charge < -0.3 is 5.11 Å². The molecule has 1 saturated carbocycles. The smallest absolute Gasteiger partial charge is 0.314 e. The summed E-state index contributed by atoms with van der Waals surface area (Å²) in [5, 5.41) is 9.35. The predicted molar refractivity (Wildman–Crippen MR) is 68.3 cm³/mol. The summed E-state index contributed by atoms with van der Waals surface area (Å²) in [7, 11) is 0.